The normalized spacial score (nSPS) is 26.7. The summed E-state index contributed by atoms with van der Waals surface area (Å²) in [7, 11) is 0. The Morgan fingerprint density at radius 3 is 2.70 bits per heavy atom. The average Bonchev–Trinajstić information content (AvgIpc) is 3.41. The highest BCUT2D eigenvalue weighted by molar-refractivity contribution is 6.32. The molecule has 1 spiro atoms. The minimum atomic E-state index is -0.256. The van der Waals surface area contributed by atoms with E-state index in [0.717, 1.165) is 54.9 Å². The number of hydrogen-bond donors (Lipinski definition) is 2. The third-order valence-electron chi connectivity index (χ3n) is 5.77. The van der Waals surface area contributed by atoms with Crippen molar-refractivity contribution in [2.45, 2.75) is 63.3 Å². The first-order valence-electron chi connectivity index (χ1n) is 10.0. The number of aliphatic hydroxyl groups is 1. The van der Waals surface area contributed by atoms with Crippen molar-refractivity contribution in [3.63, 3.8) is 0 Å². The second kappa shape index (κ2) is 7.83. The van der Waals surface area contributed by atoms with E-state index in [1.807, 2.05) is 6.08 Å². The molecule has 2 N–H and O–H groups in total. The molecule has 0 bridgehead atoms. The summed E-state index contributed by atoms with van der Waals surface area (Å²) < 4.78 is 6.34. The molecule has 144 valence electrons. The summed E-state index contributed by atoms with van der Waals surface area (Å²) >= 11 is 6.56. The minimum absolute atomic E-state index is 0.00645. The zero-order valence-corrected chi connectivity index (χ0v) is 16.6. The molecule has 1 aromatic rings. The molecule has 27 heavy (non-hydrogen) atoms. The number of aliphatic hydroxyl groups excluding tert-OH is 1. The molecule has 3 nitrogen and oxygen atoms in total. The highest BCUT2D eigenvalue weighted by Crippen LogP contribution is 2.49. The maximum atomic E-state index is 10.2. The highest BCUT2D eigenvalue weighted by atomic mass is 35.5. The number of hydrogen-bond acceptors (Lipinski definition) is 3. The van der Waals surface area contributed by atoms with Crippen LogP contribution in [0.25, 0.3) is 0 Å². The van der Waals surface area contributed by atoms with Gasteiger partial charge in [-0.05, 0) is 67.5 Å². The van der Waals surface area contributed by atoms with Crippen molar-refractivity contribution >= 4 is 17.3 Å². The van der Waals surface area contributed by atoms with E-state index < -0.39 is 0 Å². The Hall–Kier alpha value is -1.55. The van der Waals surface area contributed by atoms with Crippen molar-refractivity contribution in [2.24, 2.45) is 0 Å². The number of benzene rings is 1. The Morgan fingerprint density at radius 1 is 1.22 bits per heavy atom. The maximum absolute atomic E-state index is 10.2. The zero-order chi connectivity index (χ0) is 18.9. The first-order chi connectivity index (χ1) is 13.1. The Morgan fingerprint density at radius 2 is 2.00 bits per heavy atom. The monoisotopic (exact) mass is 385 g/mol. The Balaban J connectivity index is 1.44. The molecule has 2 unspecified atom stereocenters. The van der Waals surface area contributed by atoms with E-state index in [0.29, 0.717) is 6.42 Å². The molecule has 0 radical (unpaired) electrons. The van der Waals surface area contributed by atoms with Crippen molar-refractivity contribution in [3.05, 3.63) is 64.2 Å². The maximum Gasteiger partial charge on any atom is 0.0823 e. The molecular weight excluding hydrogens is 358 g/mol. The van der Waals surface area contributed by atoms with Gasteiger partial charge < -0.3 is 15.2 Å². The number of allylic oxidation sites excluding steroid dienone is 5. The predicted octanol–water partition coefficient (Wildman–Crippen LogP) is 5.11. The molecule has 4 heteroatoms. The van der Waals surface area contributed by atoms with Crippen LogP contribution in [0.5, 0.6) is 0 Å². The van der Waals surface area contributed by atoms with Crippen LogP contribution in [0.2, 0.25) is 0 Å². The summed E-state index contributed by atoms with van der Waals surface area (Å²) in [6.45, 7) is 3.02. The van der Waals surface area contributed by atoms with Gasteiger partial charge >= 0.3 is 0 Å². The molecule has 1 aromatic carbocycles. The third kappa shape index (κ3) is 4.48. The van der Waals surface area contributed by atoms with Gasteiger partial charge in [0.15, 0.2) is 0 Å². The lowest BCUT2D eigenvalue weighted by molar-refractivity contribution is -0.0961. The van der Waals surface area contributed by atoms with E-state index >= 15 is 0 Å². The van der Waals surface area contributed by atoms with E-state index in [-0.39, 0.29) is 17.8 Å². The molecule has 2 aliphatic carbocycles. The second-order valence-electron chi connectivity index (χ2n) is 7.98. The minimum Gasteiger partial charge on any atom is -0.393 e. The van der Waals surface area contributed by atoms with E-state index in [1.165, 1.54) is 11.1 Å². The standard InChI is InChI=1S/C23H28ClNO2/c1-2-25-19-8-3-16(4-9-19)13-18-6-5-17(7-10-21(18)24)22-14-20(26)15-23(27-22)11-12-23/h3-4,6-10,20,22,25-26H,2,5,11-15H2,1H3. The first kappa shape index (κ1) is 18.8. The van der Waals surface area contributed by atoms with Crippen LogP contribution in [-0.2, 0) is 11.2 Å². The fourth-order valence-electron chi connectivity index (χ4n) is 4.10. The van der Waals surface area contributed by atoms with Gasteiger partial charge in [0, 0.05) is 30.1 Å². The van der Waals surface area contributed by atoms with Crippen LogP contribution < -0.4 is 5.32 Å². The van der Waals surface area contributed by atoms with Gasteiger partial charge in [0.2, 0.25) is 0 Å². The molecule has 1 heterocycles. The third-order valence-corrected chi connectivity index (χ3v) is 6.14. The van der Waals surface area contributed by atoms with Crippen LogP contribution >= 0.6 is 11.6 Å². The lowest BCUT2D eigenvalue weighted by atomic mass is 9.93. The molecular formula is C23H28ClNO2. The van der Waals surface area contributed by atoms with Crippen LogP contribution in [0.4, 0.5) is 5.69 Å². The van der Waals surface area contributed by atoms with Crippen LogP contribution in [0.3, 0.4) is 0 Å². The van der Waals surface area contributed by atoms with Gasteiger partial charge in [-0.2, -0.15) is 0 Å². The number of anilines is 1. The van der Waals surface area contributed by atoms with Gasteiger partial charge in [0.05, 0.1) is 17.8 Å². The summed E-state index contributed by atoms with van der Waals surface area (Å²) in [5.74, 6) is 0. The largest absolute Gasteiger partial charge is 0.393 e. The summed E-state index contributed by atoms with van der Waals surface area (Å²) in [4.78, 5) is 0. The lowest BCUT2D eigenvalue weighted by Gasteiger charge is -2.34. The predicted molar refractivity (Wildman–Crippen MR) is 111 cm³/mol. The first-order valence-corrected chi connectivity index (χ1v) is 10.4. The summed E-state index contributed by atoms with van der Waals surface area (Å²) in [6.07, 6.45) is 11.3. The van der Waals surface area contributed by atoms with Gasteiger partial charge in [0.1, 0.15) is 0 Å². The molecule has 0 amide bonds. The summed E-state index contributed by atoms with van der Waals surface area (Å²) in [6, 6.07) is 8.53. The quantitative estimate of drug-likeness (QED) is 0.739. The van der Waals surface area contributed by atoms with Crippen molar-refractivity contribution in [1.82, 2.24) is 0 Å². The molecule has 1 saturated heterocycles. The zero-order valence-electron chi connectivity index (χ0n) is 15.9. The fourth-order valence-corrected chi connectivity index (χ4v) is 4.31. The van der Waals surface area contributed by atoms with E-state index in [9.17, 15) is 5.11 Å². The van der Waals surface area contributed by atoms with Crippen LogP contribution in [0.15, 0.2) is 58.7 Å². The van der Waals surface area contributed by atoms with Crippen molar-refractivity contribution in [1.29, 1.82) is 0 Å². The number of ether oxygens (including phenoxy) is 1. The molecule has 3 aliphatic rings. The lowest BCUT2D eigenvalue weighted by Crippen LogP contribution is -2.38. The van der Waals surface area contributed by atoms with Crippen LogP contribution in [0.1, 0.15) is 44.6 Å². The van der Waals surface area contributed by atoms with Gasteiger partial charge in [-0.25, -0.2) is 0 Å². The average molecular weight is 386 g/mol. The SMILES string of the molecule is CCNc1ccc(CC2=CCC(C3CC(O)CC4(CC4)O3)=CC=C2Cl)cc1. The topological polar surface area (TPSA) is 41.5 Å². The summed E-state index contributed by atoms with van der Waals surface area (Å²) in [5, 5.41) is 14.4. The van der Waals surface area contributed by atoms with E-state index in [4.69, 9.17) is 16.3 Å². The molecule has 4 rings (SSSR count). The molecule has 2 fully saturated rings. The molecule has 1 aliphatic heterocycles. The van der Waals surface area contributed by atoms with E-state index in [1.54, 1.807) is 0 Å². The van der Waals surface area contributed by atoms with Gasteiger partial charge in [0.25, 0.3) is 0 Å². The van der Waals surface area contributed by atoms with Crippen molar-refractivity contribution in [3.8, 4) is 0 Å². The van der Waals surface area contributed by atoms with Crippen molar-refractivity contribution < 1.29 is 9.84 Å². The van der Waals surface area contributed by atoms with Crippen LogP contribution in [-0.4, -0.2) is 29.5 Å². The Bertz CT molecular complexity index is 774. The van der Waals surface area contributed by atoms with E-state index in [2.05, 4.69) is 48.7 Å². The molecule has 2 atom stereocenters. The highest BCUT2D eigenvalue weighted by Gasteiger charge is 2.50. The van der Waals surface area contributed by atoms with Crippen LogP contribution in [0, 0.1) is 0 Å². The fraction of sp³-hybridized carbons (Fsp3) is 0.478. The number of halogens is 1. The number of nitrogens with one attached hydrogen (secondary N) is 1. The van der Waals surface area contributed by atoms with Gasteiger partial charge in [-0.1, -0.05) is 35.9 Å². The van der Waals surface area contributed by atoms with Gasteiger partial charge in [-0.3, -0.25) is 0 Å². The smallest absolute Gasteiger partial charge is 0.0823 e. The van der Waals surface area contributed by atoms with Crippen molar-refractivity contribution in [2.75, 3.05) is 11.9 Å². The van der Waals surface area contributed by atoms with Gasteiger partial charge in [-0.15, -0.1) is 0 Å². The Kier molecular flexibility index (Phi) is 5.45. The molecule has 1 saturated carbocycles. The number of rotatable bonds is 5. The molecule has 0 aromatic heterocycles. The second-order valence-corrected chi connectivity index (χ2v) is 8.38. The summed E-state index contributed by atoms with van der Waals surface area (Å²) in [5.41, 5.74) is 4.71. The Labute approximate surface area is 166 Å².